The Morgan fingerprint density at radius 2 is 2.05 bits per heavy atom. The SMILES string of the molecule is Cc1cc(F)ccc1CCNC(=O)N(CC(=O)O)C(C)C. The molecule has 0 radical (unpaired) electrons. The fraction of sp³-hybridized carbons (Fsp3) is 0.467. The molecule has 0 saturated carbocycles. The van der Waals surface area contributed by atoms with Gasteiger partial charge in [-0.05, 0) is 50.5 Å². The lowest BCUT2D eigenvalue weighted by molar-refractivity contribution is -0.138. The third-order valence-corrected chi connectivity index (χ3v) is 3.17. The van der Waals surface area contributed by atoms with Crippen molar-refractivity contribution in [2.45, 2.75) is 33.2 Å². The Hall–Kier alpha value is -2.11. The largest absolute Gasteiger partial charge is 0.480 e. The van der Waals surface area contributed by atoms with Crippen LogP contribution in [0.5, 0.6) is 0 Å². The summed E-state index contributed by atoms with van der Waals surface area (Å²) in [7, 11) is 0. The molecule has 2 N–H and O–H groups in total. The van der Waals surface area contributed by atoms with Crippen molar-refractivity contribution in [1.29, 1.82) is 0 Å². The molecule has 21 heavy (non-hydrogen) atoms. The Balaban J connectivity index is 2.53. The van der Waals surface area contributed by atoms with E-state index in [1.165, 1.54) is 17.0 Å². The first-order valence-corrected chi connectivity index (χ1v) is 6.82. The molecule has 1 aromatic carbocycles. The second kappa shape index (κ2) is 7.61. The molecule has 0 fully saturated rings. The minimum absolute atomic E-state index is 0.200. The number of aryl methyl sites for hydroxylation is 1. The van der Waals surface area contributed by atoms with Crippen LogP contribution in [0.15, 0.2) is 18.2 Å². The van der Waals surface area contributed by atoms with Gasteiger partial charge in [0.15, 0.2) is 0 Å². The van der Waals surface area contributed by atoms with Crippen LogP contribution in [-0.4, -0.2) is 41.1 Å². The van der Waals surface area contributed by atoms with Crippen molar-refractivity contribution in [2.75, 3.05) is 13.1 Å². The van der Waals surface area contributed by atoms with Crippen molar-refractivity contribution >= 4 is 12.0 Å². The van der Waals surface area contributed by atoms with Crippen LogP contribution in [0.2, 0.25) is 0 Å². The predicted octanol–water partition coefficient (Wildman–Crippen LogP) is 2.18. The minimum atomic E-state index is -1.05. The highest BCUT2D eigenvalue weighted by molar-refractivity contribution is 5.80. The van der Waals surface area contributed by atoms with E-state index in [1.54, 1.807) is 19.9 Å². The zero-order valence-corrected chi connectivity index (χ0v) is 12.5. The summed E-state index contributed by atoms with van der Waals surface area (Å²) in [6.07, 6.45) is 0.566. The van der Waals surface area contributed by atoms with Crippen LogP contribution in [-0.2, 0) is 11.2 Å². The zero-order valence-electron chi connectivity index (χ0n) is 12.5. The van der Waals surface area contributed by atoms with Gasteiger partial charge in [0.05, 0.1) is 0 Å². The molecule has 0 heterocycles. The molecule has 0 aliphatic heterocycles. The molecule has 1 rings (SSSR count). The van der Waals surface area contributed by atoms with Gasteiger partial charge in [0.1, 0.15) is 12.4 Å². The number of hydrogen-bond donors (Lipinski definition) is 2. The molecule has 5 nitrogen and oxygen atoms in total. The van der Waals surface area contributed by atoms with E-state index in [4.69, 9.17) is 5.11 Å². The highest BCUT2D eigenvalue weighted by Crippen LogP contribution is 2.10. The molecule has 0 aliphatic carbocycles. The van der Waals surface area contributed by atoms with Gasteiger partial charge in [-0.1, -0.05) is 6.07 Å². The topological polar surface area (TPSA) is 69.6 Å². The number of nitrogens with zero attached hydrogens (tertiary/aromatic N) is 1. The normalized spacial score (nSPS) is 10.5. The molecule has 0 atom stereocenters. The number of carboxylic acids is 1. The van der Waals surface area contributed by atoms with Crippen LogP contribution in [0.1, 0.15) is 25.0 Å². The van der Waals surface area contributed by atoms with Gasteiger partial charge in [-0.15, -0.1) is 0 Å². The maximum Gasteiger partial charge on any atom is 0.323 e. The average molecular weight is 296 g/mol. The molecule has 0 aliphatic rings. The second-order valence-electron chi connectivity index (χ2n) is 5.17. The summed E-state index contributed by atoms with van der Waals surface area (Å²) in [5.41, 5.74) is 1.78. The van der Waals surface area contributed by atoms with E-state index >= 15 is 0 Å². The lowest BCUT2D eigenvalue weighted by Crippen LogP contribution is -2.46. The van der Waals surface area contributed by atoms with Gasteiger partial charge >= 0.3 is 12.0 Å². The molecule has 116 valence electrons. The first-order chi connectivity index (χ1) is 9.81. The first-order valence-electron chi connectivity index (χ1n) is 6.82. The van der Waals surface area contributed by atoms with Gasteiger partial charge in [-0.2, -0.15) is 0 Å². The third-order valence-electron chi connectivity index (χ3n) is 3.17. The summed E-state index contributed by atoms with van der Waals surface area (Å²) in [6.45, 7) is 5.36. The molecular weight excluding hydrogens is 275 g/mol. The van der Waals surface area contributed by atoms with Crippen LogP contribution < -0.4 is 5.32 Å². The van der Waals surface area contributed by atoms with E-state index in [-0.39, 0.29) is 18.4 Å². The number of aliphatic carboxylic acids is 1. The smallest absolute Gasteiger partial charge is 0.323 e. The highest BCUT2D eigenvalue weighted by atomic mass is 19.1. The predicted molar refractivity (Wildman–Crippen MR) is 77.7 cm³/mol. The summed E-state index contributed by atoms with van der Waals surface area (Å²) in [5, 5.41) is 11.5. The Kier molecular flexibility index (Phi) is 6.14. The number of carbonyl (C=O) groups is 2. The average Bonchev–Trinajstić information content (AvgIpc) is 2.37. The lowest BCUT2D eigenvalue weighted by Gasteiger charge is -2.25. The van der Waals surface area contributed by atoms with Crippen molar-refractivity contribution in [2.24, 2.45) is 0 Å². The number of nitrogens with one attached hydrogen (secondary N) is 1. The number of carbonyl (C=O) groups excluding carboxylic acids is 1. The Labute approximate surface area is 123 Å². The van der Waals surface area contributed by atoms with E-state index in [0.717, 1.165) is 11.1 Å². The third kappa shape index (κ3) is 5.41. The zero-order chi connectivity index (χ0) is 16.0. The van der Waals surface area contributed by atoms with Crippen molar-refractivity contribution in [3.63, 3.8) is 0 Å². The Bertz CT molecular complexity index is 518. The number of rotatable bonds is 6. The van der Waals surface area contributed by atoms with Crippen LogP contribution in [0, 0.1) is 12.7 Å². The standard InChI is InChI=1S/C15H21FN2O3/c1-10(2)18(9-14(19)20)15(21)17-7-6-12-4-5-13(16)8-11(12)3/h4-5,8,10H,6-7,9H2,1-3H3,(H,17,21)(H,19,20). The van der Waals surface area contributed by atoms with E-state index in [1.807, 2.05) is 6.92 Å². The highest BCUT2D eigenvalue weighted by Gasteiger charge is 2.19. The quantitative estimate of drug-likeness (QED) is 0.845. The number of carboxylic acid groups (broad SMARTS) is 1. The number of halogens is 1. The summed E-state index contributed by atoms with van der Waals surface area (Å²) in [5.74, 6) is -1.33. The van der Waals surface area contributed by atoms with Crippen molar-refractivity contribution in [3.8, 4) is 0 Å². The van der Waals surface area contributed by atoms with Crippen LogP contribution in [0.3, 0.4) is 0 Å². The van der Waals surface area contributed by atoms with Gasteiger partial charge in [0.25, 0.3) is 0 Å². The van der Waals surface area contributed by atoms with E-state index < -0.39 is 12.0 Å². The Morgan fingerprint density at radius 3 is 2.57 bits per heavy atom. The Morgan fingerprint density at radius 1 is 1.38 bits per heavy atom. The molecule has 6 heteroatoms. The molecular formula is C15H21FN2O3. The first kappa shape index (κ1) is 16.9. The molecule has 1 aromatic rings. The number of urea groups is 1. The second-order valence-corrected chi connectivity index (χ2v) is 5.17. The van der Waals surface area contributed by atoms with E-state index in [2.05, 4.69) is 5.32 Å². The van der Waals surface area contributed by atoms with Crippen LogP contribution in [0.4, 0.5) is 9.18 Å². The summed E-state index contributed by atoms with van der Waals surface area (Å²) < 4.78 is 13.0. The maximum absolute atomic E-state index is 13.0. The fourth-order valence-electron chi connectivity index (χ4n) is 1.98. The maximum atomic E-state index is 13.0. The summed E-state index contributed by atoms with van der Waals surface area (Å²) >= 11 is 0. The fourth-order valence-corrected chi connectivity index (χ4v) is 1.98. The lowest BCUT2D eigenvalue weighted by atomic mass is 10.1. The monoisotopic (exact) mass is 296 g/mol. The van der Waals surface area contributed by atoms with Crippen LogP contribution >= 0.6 is 0 Å². The molecule has 0 bridgehead atoms. The van der Waals surface area contributed by atoms with Crippen molar-refractivity contribution < 1.29 is 19.1 Å². The number of amides is 2. The molecule has 0 aromatic heterocycles. The van der Waals surface area contributed by atoms with Gasteiger partial charge in [-0.25, -0.2) is 9.18 Å². The van der Waals surface area contributed by atoms with Gasteiger partial charge < -0.3 is 15.3 Å². The summed E-state index contributed by atoms with van der Waals surface area (Å²) in [6, 6.07) is 3.91. The van der Waals surface area contributed by atoms with Crippen LogP contribution in [0.25, 0.3) is 0 Å². The van der Waals surface area contributed by atoms with E-state index in [0.29, 0.717) is 13.0 Å². The van der Waals surface area contributed by atoms with Gasteiger partial charge in [-0.3, -0.25) is 4.79 Å². The van der Waals surface area contributed by atoms with E-state index in [9.17, 15) is 14.0 Å². The molecule has 0 spiro atoms. The molecule has 2 amide bonds. The number of benzene rings is 1. The molecule has 0 saturated heterocycles. The van der Waals surface area contributed by atoms with Gasteiger partial charge in [0, 0.05) is 12.6 Å². The summed E-state index contributed by atoms with van der Waals surface area (Å²) in [4.78, 5) is 23.9. The van der Waals surface area contributed by atoms with Gasteiger partial charge in [0.2, 0.25) is 0 Å². The minimum Gasteiger partial charge on any atom is -0.480 e. The molecule has 0 unspecified atom stereocenters. The number of hydrogen-bond acceptors (Lipinski definition) is 2. The van der Waals surface area contributed by atoms with Crippen molar-refractivity contribution in [3.05, 3.63) is 35.1 Å². The van der Waals surface area contributed by atoms with Crippen molar-refractivity contribution in [1.82, 2.24) is 10.2 Å².